The second kappa shape index (κ2) is 9.34. The Morgan fingerprint density at radius 1 is 1.17 bits per heavy atom. The third kappa shape index (κ3) is 5.03. The molecule has 2 heterocycles. The van der Waals surface area contributed by atoms with Crippen molar-refractivity contribution in [2.24, 2.45) is 0 Å². The van der Waals surface area contributed by atoms with E-state index in [1.165, 1.54) is 21.7 Å². The number of anilines is 1. The zero-order valence-corrected chi connectivity index (χ0v) is 18.3. The number of sulfonamides is 1. The largest absolute Gasteiger partial charge is 0.326 e. The van der Waals surface area contributed by atoms with Crippen molar-refractivity contribution in [1.29, 1.82) is 0 Å². The van der Waals surface area contributed by atoms with Crippen molar-refractivity contribution in [3.8, 4) is 0 Å². The molecule has 1 aromatic carbocycles. The number of nitrogens with one attached hydrogen (secondary N) is 1. The van der Waals surface area contributed by atoms with Crippen molar-refractivity contribution >= 4 is 33.0 Å². The Balaban J connectivity index is 1.93. The monoisotopic (exact) mass is 439 g/mol. The van der Waals surface area contributed by atoms with Crippen molar-refractivity contribution in [3.05, 3.63) is 45.9 Å². The predicted octanol–water partition coefficient (Wildman–Crippen LogP) is 3.30. The molecule has 0 unspecified atom stereocenters. The molecule has 3 rings (SSSR count). The first-order valence-electron chi connectivity index (χ1n) is 9.72. The zero-order chi connectivity index (χ0) is 21.0. The van der Waals surface area contributed by atoms with Crippen LogP contribution in [0.15, 0.2) is 34.5 Å². The molecule has 1 N–H and O–H groups in total. The first-order chi connectivity index (χ1) is 13.8. The third-order valence-corrected chi connectivity index (χ3v) is 7.86. The van der Waals surface area contributed by atoms with Crippen LogP contribution in [0, 0.1) is 5.82 Å². The lowest BCUT2D eigenvalue weighted by atomic mass is 10.0. The molecule has 0 spiro atoms. The molecule has 0 bridgehead atoms. The van der Waals surface area contributed by atoms with E-state index in [-0.39, 0.29) is 30.3 Å². The van der Waals surface area contributed by atoms with Gasteiger partial charge in [-0.2, -0.15) is 4.31 Å². The maximum atomic E-state index is 14.8. The number of carbonyl (C=O) groups excluding carboxylic acids is 1. The third-order valence-electron chi connectivity index (χ3n) is 5.14. The van der Waals surface area contributed by atoms with Gasteiger partial charge in [0, 0.05) is 36.6 Å². The molecular formula is C20H26FN3O3S2. The van der Waals surface area contributed by atoms with E-state index in [1.807, 2.05) is 31.4 Å². The lowest BCUT2D eigenvalue weighted by Gasteiger charge is -2.26. The smallest absolute Gasteiger partial charge is 0.246 e. The standard InChI is InChI=1S/C20H26FN3O3S2/c1-3-23(4-2)9-10-24(14-16-6-5-11-28-16)29(26,27)19-12-15-7-8-20(25)22-18(15)13-17(19)21/h5-6,11-13H,3-4,7-10,14H2,1-2H3,(H,22,25). The number of likely N-dealkylation sites (N-methyl/N-ethyl adjacent to an activating group) is 1. The molecule has 2 aromatic rings. The number of nitrogens with zero attached hydrogens (tertiary/aromatic N) is 2. The molecule has 0 aliphatic carbocycles. The van der Waals surface area contributed by atoms with E-state index in [4.69, 9.17) is 0 Å². The Hall–Kier alpha value is -1.81. The fourth-order valence-electron chi connectivity index (χ4n) is 3.37. The van der Waals surface area contributed by atoms with E-state index < -0.39 is 15.8 Å². The number of amides is 1. The number of thiophene rings is 1. The summed E-state index contributed by atoms with van der Waals surface area (Å²) >= 11 is 1.47. The Kier molecular flexibility index (Phi) is 7.05. The summed E-state index contributed by atoms with van der Waals surface area (Å²) in [4.78, 5) is 14.3. The van der Waals surface area contributed by atoms with Gasteiger partial charge in [-0.25, -0.2) is 12.8 Å². The van der Waals surface area contributed by atoms with Crippen LogP contribution in [0.2, 0.25) is 0 Å². The van der Waals surface area contributed by atoms with E-state index in [0.29, 0.717) is 24.2 Å². The van der Waals surface area contributed by atoms with Crippen molar-refractivity contribution in [1.82, 2.24) is 9.21 Å². The number of benzene rings is 1. The maximum Gasteiger partial charge on any atom is 0.246 e. The van der Waals surface area contributed by atoms with Gasteiger partial charge in [0.2, 0.25) is 15.9 Å². The van der Waals surface area contributed by atoms with Gasteiger partial charge in [-0.1, -0.05) is 19.9 Å². The zero-order valence-electron chi connectivity index (χ0n) is 16.7. The van der Waals surface area contributed by atoms with Gasteiger partial charge in [-0.05, 0) is 48.7 Å². The fraction of sp³-hybridized carbons (Fsp3) is 0.450. The van der Waals surface area contributed by atoms with Crippen LogP contribution >= 0.6 is 11.3 Å². The molecule has 1 aliphatic heterocycles. The van der Waals surface area contributed by atoms with E-state index in [2.05, 4.69) is 10.2 Å². The van der Waals surface area contributed by atoms with Gasteiger partial charge in [0.1, 0.15) is 10.7 Å². The summed E-state index contributed by atoms with van der Waals surface area (Å²) in [5.74, 6) is -1.03. The Labute approximate surface area is 175 Å². The minimum atomic E-state index is -4.04. The van der Waals surface area contributed by atoms with Crippen LogP contribution in [0.3, 0.4) is 0 Å². The SMILES string of the molecule is CCN(CC)CCN(Cc1cccs1)S(=O)(=O)c1cc2c(cc1F)NC(=O)CC2. The first kappa shape index (κ1) is 21.9. The highest BCUT2D eigenvalue weighted by Crippen LogP contribution is 2.30. The average molecular weight is 440 g/mol. The molecule has 9 heteroatoms. The lowest BCUT2D eigenvalue weighted by molar-refractivity contribution is -0.116. The maximum absolute atomic E-state index is 14.8. The van der Waals surface area contributed by atoms with Gasteiger partial charge in [-0.3, -0.25) is 4.79 Å². The van der Waals surface area contributed by atoms with E-state index in [9.17, 15) is 17.6 Å². The van der Waals surface area contributed by atoms with Crippen LogP contribution in [0.4, 0.5) is 10.1 Å². The number of carbonyl (C=O) groups is 1. The summed E-state index contributed by atoms with van der Waals surface area (Å²) in [6.07, 6.45) is 0.660. The van der Waals surface area contributed by atoms with Crippen molar-refractivity contribution in [3.63, 3.8) is 0 Å². The Bertz CT molecular complexity index is 958. The minimum absolute atomic E-state index is 0.189. The molecule has 0 fully saturated rings. The molecule has 0 atom stereocenters. The van der Waals surface area contributed by atoms with E-state index >= 15 is 0 Å². The first-order valence-corrected chi connectivity index (χ1v) is 12.0. The number of aryl methyl sites for hydroxylation is 1. The van der Waals surface area contributed by atoms with Crippen LogP contribution in [-0.2, 0) is 27.8 Å². The van der Waals surface area contributed by atoms with Crippen LogP contribution in [0.25, 0.3) is 0 Å². The van der Waals surface area contributed by atoms with Gasteiger partial charge in [0.05, 0.1) is 0 Å². The number of halogens is 1. The summed E-state index contributed by atoms with van der Waals surface area (Å²) in [7, 11) is -4.04. The summed E-state index contributed by atoms with van der Waals surface area (Å²) in [6.45, 7) is 6.73. The van der Waals surface area contributed by atoms with Crippen molar-refractivity contribution < 1.29 is 17.6 Å². The second-order valence-corrected chi connectivity index (χ2v) is 9.87. The van der Waals surface area contributed by atoms with Gasteiger partial charge < -0.3 is 10.2 Å². The Morgan fingerprint density at radius 3 is 2.59 bits per heavy atom. The minimum Gasteiger partial charge on any atom is -0.326 e. The summed E-state index contributed by atoms with van der Waals surface area (Å²) in [5.41, 5.74) is 0.995. The average Bonchev–Trinajstić information content (AvgIpc) is 3.20. The molecule has 0 saturated carbocycles. The summed E-state index contributed by atoms with van der Waals surface area (Å²) < 4.78 is 43.0. The topological polar surface area (TPSA) is 69.7 Å². The number of fused-ring (bicyclic) bond motifs is 1. The van der Waals surface area contributed by atoms with E-state index in [1.54, 1.807) is 0 Å². The highest BCUT2D eigenvalue weighted by Gasteiger charge is 2.30. The molecule has 1 aliphatic rings. The van der Waals surface area contributed by atoms with Gasteiger partial charge in [0.25, 0.3) is 0 Å². The van der Waals surface area contributed by atoms with Crippen LogP contribution in [0.5, 0.6) is 0 Å². The predicted molar refractivity (Wildman–Crippen MR) is 113 cm³/mol. The van der Waals surface area contributed by atoms with E-state index in [0.717, 1.165) is 24.0 Å². The lowest BCUT2D eigenvalue weighted by Crippen LogP contribution is -2.38. The van der Waals surface area contributed by atoms with Crippen LogP contribution in [0.1, 0.15) is 30.7 Å². The normalized spacial score (nSPS) is 14.3. The second-order valence-electron chi connectivity index (χ2n) is 6.93. The molecule has 158 valence electrons. The summed E-state index contributed by atoms with van der Waals surface area (Å²) in [6, 6.07) is 6.24. The van der Waals surface area contributed by atoms with Gasteiger partial charge >= 0.3 is 0 Å². The van der Waals surface area contributed by atoms with Gasteiger partial charge in [-0.15, -0.1) is 11.3 Å². The fourth-order valence-corrected chi connectivity index (χ4v) is 5.68. The summed E-state index contributed by atoms with van der Waals surface area (Å²) in [5, 5.41) is 4.50. The van der Waals surface area contributed by atoms with Crippen LogP contribution in [-0.4, -0.2) is 49.7 Å². The molecule has 6 nitrogen and oxygen atoms in total. The highest BCUT2D eigenvalue weighted by atomic mass is 32.2. The molecule has 0 saturated heterocycles. The number of hydrogen-bond donors (Lipinski definition) is 1. The molecule has 1 aromatic heterocycles. The molecule has 1 amide bonds. The number of hydrogen-bond acceptors (Lipinski definition) is 5. The van der Waals surface area contributed by atoms with Crippen molar-refractivity contribution in [2.45, 2.75) is 38.1 Å². The quantitative estimate of drug-likeness (QED) is 0.651. The number of rotatable bonds is 9. The highest BCUT2D eigenvalue weighted by molar-refractivity contribution is 7.89. The van der Waals surface area contributed by atoms with Crippen LogP contribution < -0.4 is 5.32 Å². The van der Waals surface area contributed by atoms with Gasteiger partial charge in [0.15, 0.2) is 0 Å². The molecular weight excluding hydrogens is 413 g/mol. The Morgan fingerprint density at radius 2 is 1.93 bits per heavy atom. The van der Waals surface area contributed by atoms with Crippen molar-refractivity contribution in [2.75, 3.05) is 31.5 Å². The molecule has 0 radical (unpaired) electrons. The molecule has 29 heavy (non-hydrogen) atoms.